The quantitative estimate of drug-likeness (QED) is 0.913. The lowest BCUT2D eigenvalue weighted by Crippen LogP contribution is -2.16. The summed E-state index contributed by atoms with van der Waals surface area (Å²) in [5, 5.41) is 0. The average Bonchev–Trinajstić information content (AvgIpc) is 2.24. The lowest BCUT2D eigenvalue weighted by molar-refractivity contribution is 0.587. The molecule has 3 nitrogen and oxygen atoms in total. The highest BCUT2D eigenvalue weighted by Gasteiger charge is 2.15. The molecule has 0 aliphatic heterocycles. The Bertz CT molecular complexity index is 484. The van der Waals surface area contributed by atoms with Crippen molar-refractivity contribution in [3.8, 4) is 0 Å². The van der Waals surface area contributed by atoms with E-state index in [-0.39, 0.29) is 17.2 Å². The van der Waals surface area contributed by atoms with Gasteiger partial charge in [0.2, 0.25) is 0 Å². The van der Waals surface area contributed by atoms with Gasteiger partial charge in [0.1, 0.15) is 9.84 Å². The number of nitrogens with two attached hydrogens (primary N) is 1. The Morgan fingerprint density at radius 2 is 1.67 bits per heavy atom. The molecule has 102 valence electrons. The lowest BCUT2D eigenvalue weighted by Gasteiger charge is -2.20. The molecule has 2 N–H and O–H groups in total. The molecule has 0 radical (unpaired) electrons. The van der Waals surface area contributed by atoms with Crippen LogP contribution in [0.15, 0.2) is 24.3 Å². The summed E-state index contributed by atoms with van der Waals surface area (Å²) in [6.07, 6.45) is 1.70. The van der Waals surface area contributed by atoms with Gasteiger partial charge in [-0.1, -0.05) is 45.0 Å². The molecule has 4 heteroatoms. The van der Waals surface area contributed by atoms with E-state index in [4.69, 9.17) is 5.73 Å². The minimum atomic E-state index is -2.94. The zero-order valence-corrected chi connectivity index (χ0v) is 12.4. The molecular formula is C14H23NO2S. The molecule has 0 aliphatic rings. The zero-order chi connectivity index (χ0) is 14.0. The van der Waals surface area contributed by atoms with Gasteiger partial charge in [-0.05, 0) is 23.0 Å². The minimum Gasteiger partial charge on any atom is -0.324 e. The lowest BCUT2D eigenvalue weighted by atomic mass is 9.86. The third kappa shape index (κ3) is 4.78. The summed E-state index contributed by atoms with van der Waals surface area (Å²) < 4.78 is 22.2. The molecule has 1 atom stereocenters. The summed E-state index contributed by atoms with van der Waals surface area (Å²) in [6, 6.07) is 7.90. The third-order valence-corrected chi connectivity index (χ3v) is 3.98. The number of hydrogen-bond acceptors (Lipinski definition) is 3. The van der Waals surface area contributed by atoms with E-state index in [2.05, 4.69) is 32.9 Å². The van der Waals surface area contributed by atoms with Crippen LogP contribution in [0.3, 0.4) is 0 Å². The first kappa shape index (κ1) is 15.2. The van der Waals surface area contributed by atoms with Crippen molar-refractivity contribution in [2.24, 2.45) is 5.73 Å². The highest BCUT2D eigenvalue weighted by molar-refractivity contribution is 7.90. The molecule has 0 spiro atoms. The molecule has 1 unspecified atom stereocenters. The van der Waals surface area contributed by atoms with Crippen LogP contribution in [0, 0.1) is 0 Å². The SMILES string of the molecule is CC(C)(C)c1ccc(C(N)CCS(C)(=O)=O)cc1. The van der Waals surface area contributed by atoms with Crippen LogP contribution >= 0.6 is 0 Å². The Balaban J connectivity index is 2.74. The predicted molar refractivity (Wildman–Crippen MR) is 76.4 cm³/mol. The van der Waals surface area contributed by atoms with Gasteiger partial charge in [-0.3, -0.25) is 0 Å². The summed E-state index contributed by atoms with van der Waals surface area (Å²) >= 11 is 0. The van der Waals surface area contributed by atoms with Gasteiger partial charge in [-0.15, -0.1) is 0 Å². The second-order valence-electron chi connectivity index (χ2n) is 5.90. The predicted octanol–water partition coefficient (Wildman–Crippen LogP) is 2.42. The smallest absolute Gasteiger partial charge is 0.147 e. The summed E-state index contributed by atoms with van der Waals surface area (Å²) in [5.41, 5.74) is 8.36. The van der Waals surface area contributed by atoms with E-state index < -0.39 is 9.84 Å². The van der Waals surface area contributed by atoms with Gasteiger partial charge in [-0.25, -0.2) is 8.42 Å². The van der Waals surface area contributed by atoms with Crippen LogP contribution in [-0.2, 0) is 15.3 Å². The number of sulfone groups is 1. The Hall–Kier alpha value is -0.870. The van der Waals surface area contributed by atoms with Gasteiger partial charge >= 0.3 is 0 Å². The fraction of sp³-hybridized carbons (Fsp3) is 0.571. The van der Waals surface area contributed by atoms with E-state index in [9.17, 15) is 8.42 Å². The van der Waals surface area contributed by atoms with Crippen LogP contribution in [0.2, 0.25) is 0 Å². The molecule has 0 saturated heterocycles. The molecule has 0 fully saturated rings. The van der Waals surface area contributed by atoms with Crippen LogP contribution in [0.25, 0.3) is 0 Å². The molecule has 0 heterocycles. The third-order valence-electron chi connectivity index (χ3n) is 3.00. The van der Waals surface area contributed by atoms with E-state index in [1.165, 1.54) is 11.8 Å². The van der Waals surface area contributed by atoms with Crippen molar-refractivity contribution >= 4 is 9.84 Å². The first-order valence-corrected chi connectivity index (χ1v) is 8.19. The Morgan fingerprint density at radius 3 is 2.06 bits per heavy atom. The average molecular weight is 269 g/mol. The van der Waals surface area contributed by atoms with Gasteiger partial charge < -0.3 is 5.73 Å². The Morgan fingerprint density at radius 1 is 1.17 bits per heavy atom. The highest BCUT2D eigenvalue weighted by atomic mass is 32.2. The van der Waals surface area contributed by atoms with Crippen molar-refractivity contribution in [1.29, 1.82) is 0 Å². The van der Waals surface area contributed by atoms with Crippen LogP contribution in [0.1, 0.15) is 44.4 Å². The molecule has 0 amide bonds. The van der Waals surface area contributed by atoms with Crippen LogP contribution in [0.5, 0.6) is 0 Å². The molecule has 1 aromatic carbocycles. The molecule has 0 saturated carbocycles. The second-order valence-corrected chi connectivity index (χ2v) is 8.16. The Kier molecular flexibility index (Phi) is 4.56. The van der Waals surface area contributed by atoms with E-state index >= 15 is 0 Å². The molecule has 18 heavy (non-hydrogen) atoms. The number of benzene rings is 1. The highest BCUT2D eigenvalue weighted by Crippen LogP contribution is 2.24. The fourth-order valence-corrected chi connectivity index (χ4v) is 2.42. The standard InChI is InChI=1S/C14H23NO2S/c1-14(2,3)12-7-5-11(6-8-12)13(15)9-10-18(4,16)17/h5-8,13H,9-10,15H2,1-4H3. The maximum atomic E-state index is 11.1. The van der Waals surface area contributed by atoms with E-state index in [0.717, 1.165) is 5.56 Å². The largest absolute Gasteiger partial charge is 0.324 e. The molecule has 0 aliphatic carbocycles. The molecular weight excluding hydrogens is 246 g/mol. The van der Waals surface area contributed by atoms with Crippen molar-refractivity contribution < 1.29 is 8.42 Å². The fourth-order valence-electron chi connectivity index (χ4n) is 1.74. The maximum Gasteiger partial charge on any atom is 0.147 e. The molecule has 0 bridgehead atoms. The summed E-state index contributed by atoms with van der Waals surface area (Å²) in [6.45, 7) is 6.47. The number of hydrogen-bond donors (Lipinski definition) is 1. The van der Waals surface area contributed by atoms with Crippen LogP contribution in [0.4, 0.5) is 0 Å². The van der Waals surface area contributed by atoms with Crippen molar-refractivity contribution in [2.45, 2.75) is 38.6 Å². The summed E-state index contributed by atoms with van der Waals surface area (Å²) in [7, 11) is -2.94. The van der Waals surface area contributed by atoms with Crippen molar-refractivity contribution in [2.75, 3.05) is 12.0 Å². The van der Waals surface area contributed by atoms with E-state index in [0.29, 0.717) is 6.42 Å². The Labute approximate surface area is 110 Å². The maximum absolute atomic E-state index is 11.1. The minimum absolute atomic E-state index is 0.120. The zero-order valence-electron chi connectivity index (χ0n) is 11.6. The van der Waals surface area contributed by atoms with Gasteiger partial charge in [-0.2, -0.15) is 0 Å². The normalized spacial score (nSPS) is 14.5. The van der Waals surface area contributed by atoms with Crippen molar-refractivity contribution in [3.63, 3.8) is 0 Å². The number of rotatable bonds is 4. The van der Waals surface area contributed by atoms with E-state index in [1.807, 2.05) is 12.1 Å². The van der Waals surface area contributed by atoms with Gasteiger partial charge in [0.05, 0.1) is 5.75 Å². The second kappa shape index (κ2) is 5.41. The summed E-state index contributed by atoms with van der Waals surface area (Å²) in [5.74, 6) is 0.134. The molecule has 0 aromatic heterocycles. The van der Waals surface area contributed by atoms with E-state index in [1.54, 1.807) is 0 Å². The molecule has 1 aromatic rings. The monoisotopic (exact) mass is 269 g/mol. The molecule has 1 rings (SSSR count). The van der Waals surface area contributed by atoms with Crippen LogP contribution < -0.4 is 5.73 Å². The first-order chi connectivity index (χ1) is 8.09. The van der Waals surface area contributed by atoms with Gasteiger partial charge in [0, 0.05) is 12.3 Å². The van der Waals surface area contributed by atoms with Crippen LogP contribution in [-0.4, -0.2) is 20.4 Å². The van der Waals surface area contributed by atoms with Gasteiger partial charge in [0.25, 0.3) is 0 Å². The first-order valence-electron chi connectivity index (χ1n) is 6.13. The van der Waals surface area contributed by atoms with Crippen molar-refractivity contribution in [1.82, 2.24) is 0 Å². The topological polar surface area (TPSA) is 60.2 Å². The van der Waals surface area contributed by atoms with Gasteiger partial charge in [0.15, 0.2) is 0 Å². The van der Waals surface area contributed by atoms with Crippen molar-refractivity contribution in [3.05, 3.63) is 35.4 Å². The summed E-state index contributed by atoms with van der Waals surface area (Å²) in [4.78, 5) is 0.